The number of carboxylic acids is 1. The number of nitrogens with zero attached hydrogens (tertiary/aromatic N) is 2. The molecule has 1 unspecified atom stereocenters. The van der Waals surface area contributed by atoms with Gasteiger partial charge in [-0.15, -0.1) is 0 Å². The fraction of sp³-hybridized carbons (Fsp3) is 0.529. The molecule has 9 heteroatoms. The zero-order valence-electron chi connectivity index (χ0n) is 24.7. The van der Waals surface area contributed by atoms with Crippen molar-refractivity contribution in [3.05, 3.63) is 70.3 Å². The van der Waals surface area contributed by atoms with E-state index in [9.17, 15) is 24.9 Å². The topological polar surface area (TPSA) is 111 Å². The molecule has 6 rings (SSSR count). The van der Waals surface area contributed by atoms with Crippen molar-refractivity contribution >= 4 is 29.2 Å². The van der Waals surface area contributed by atoms with Crippen LogP contribution in [-0.4, -0.2) is 78.1 Å². The second kappa shape index (κ2) is 11.8. The number of rotatable bonds is 2. The first-order valence-electron chi connectivity index (χ1n) is 15.4. The summed E-state index contributed by atoms with van der Waals surface area (Å²) in [6, 6.07) is 11.4. The Labute approximate surface area is 257 Å². The molecule has 230 valence electrons. The normalized spacial score (nSPS) is 31.7. The van der Waals surface area contributed by atoms with Crippen LogP contribution in [0.4, 0.5) is 5.69 Å². The number of hydrogen-bond acceptors (Lipinski definition) is 6. The second-order valence-electron chi connectivity index (χ2n) is 13.0. The number of carbonyl (C=O) groups excluding carboxylic acids is 1. The number of aryl methyl sites for hydroxylation is 1. The highest BCUT2D eigenvalue weighted by Crippen LogP contribution is 2.47. The smallest absolute Gasteiger partial charge is 0.317 e. The van der Waals surface area contributed by atoms with Crippen molar-refractivity contribution in [3.8, 4) is 5.75 Å². The van der Waals surface area contributed by atoms with Crippen LogP contribution in [0.5, 0.6) is 5.75 Å². The molecule has 2 heterocycles. The number of benzene rings is 2. The van der Waals surface area contributed by atoms with Crippen molar-refractivity contribution in [2.24, 2.45) is 11.8 Å². The molecule has 2 aromatic carbocycles. The first-order valence-corrected chi connectivity index (χ1v) is 15.8. The summed E-state index contributed by atoms with van der Waals surface area (Å²) in [4.78, 5) is 29.9. The molecule has 2 bridgehead atoms. The molecular formula is C34H41ClN2O6. The Morgan fingerprint density at radius 1 is 1.19 bits per heavy atom. The lowest BCUT2D eigenvalue weighted by atomic mass is 9.68. The average Bonchev–Trinajstić information content (AvgIpc) is 3.12. The number of halogens is 1. The van der Waals surface area contributed by atoms with Crippen LogP contribution in [0.25, 0.3) is 0 Å². The van der Waals surface area contributed by atoms with Gasteiger partial charge in [-0.3, -0.25) is 9.59 Å². The number of carbonyl (C=O) groups is 2. The lowest BCUT2D eigenvalue weighted by molar-refractivity contribution is -0.149. The molecular weight excluding hydrogens is 568 g/mol. The minimum Gasteiger partial charge on any atom is -0.490 e. The van der Waals surface area contributed by atoms with Gasteiger partial charge in [0.2, 0.25) is 5.91 Å². The molecule has 1 saturated carbocycles. The van der Waals surface area contributed by atoms with E-state index >= 15 is 0 Å². The van der Waals surface area contributed by atoms with Crippen molar-refractivity contribution in [2.45, 2.75) is 61.9 Å². The maximum absolute atomic E-state index is 13.3. The van der Waals surface area contributed by atoms with E-state index in [4.69, 9.17) is 16.3 Å². The SMILES string of the molecule is CN1CC/C=C\[C@H](O)[C@@H]2CC[C@H]2CN2C[C@@]3(CCCc4cc(Cl)ccc43)COc3ccc(cc32)C(CO)(C(=O)O)CC1=O. The van der Waals surface area contributed by atoms with Crippen LogP contribution in [0.15, 0.2) is 48.6 Å². The van der Waals surface area contributed by atoms with Crippen LogP contribution < -0.4 is 9.64 Å². The van der Waals surface area contributed by atoms with Crippen LogP contribution in [0.2, 0.25) is 5.02 Å². The number of anilines is 1. The van der Waals surface area contributed by atoms with Crippen molar-refractivity contribution in [3.63, 3.8) is 0 Å². The van der Waals surface area contributed by atoms with Gasteiger partial charge in [-0.1, -0.05) is 35.9 Å². The van der Waals surface area contributed by atoms with Crippen LogP contribution in [0.3, 0.4) is 0 Å². The third kappa shape index (κ3) is 5.42. The lowest BCUT2D eigenvalue weighted by Crippen LogP contribution is -2.49. The van der Waals surface area contributed by atoms with Gasteiger partial charge in [-0.2, -0.15) is 0 Å². The summed E-state index contributed by atoms with van der Waals surface area (Å²) in [5.74, 6) is -0.589. The highest BCUT2D eigenvalue weighted by Gasteiger charge is 2.46. The third-order valence-electron chi connectivity index (χ3n) is 10.5. The number of carboxylic acid groups (broad SMARTS) is 1. The Kier molecular flexibility index (Phi) is 8.22. The molecule has 4 aliphatic rings. The first kappa shape index (κ1) is 30.0. The molecule has 3 N–H and O–H groups in total. The van der Waals surface area contributed by atoms with Gasteiger partial charge in [0, 0.05) is 43.5 Å². The molecule has 1 spiro atoms. The number of amides is 1. The van der Waals surface area contributed by atoms with Crippen molar-refractivity contribution in [2.75, 3.05) is 44.8 Å². The number of aliphatic hydroxyl groups excluding tert-OH is 2. The molecule has 5 atom stereocenters. The number of hydrogen-bond donors (Lipinski definition) is 3. The lowest BCUT2D eigenvalue weighted by Gasteiger charge is -2.45. The molecule has 0 saturated heterocycles. The number of aliphatic carboxylic acids is 1. The molecule has 8 nitrogen and oxygen atoms in total. The van der Waals surface area contributed by atoms with Crippen LogP contribution in [0, 0.1) is 11.8 Å². The highest BCUT2D eigenvalue weighted by molar-refractivity contribution is 6.30. The van der Waals surface area contributed by atoms with E-state index in [0.717, 1.165) is 42.8 Å². The number of aliphatic hydroxyl groups is 2. The van der Waals surface area contributed by atoms with Gasteiger partial charge in [0.05, 0.1) is 25.0 Å². The quantitative estimate of drug-likeness (QED) is 0.436. The van der Waals surface area contributed by atoms with Crippen molar-refractivity contribution < 1.29 is 29.6 Å². The van der Waals surface area contributed by atoms with Crippen molar-refractivity contribution in [1.82, 2.24) is 4.90 Å². The van der Waals surface area contributed by atoms with Gasteiger partial charge in [-0.05, 0) is 91.3 Å². The molecule has 43 heavy (non-hydrogen) atoms. The van der Waals surface area contributed by atoms with Crippen LogP contribution >= 0.6 is 11.6 Å². The van der Waals surface area contributed by atoms with E-state index in [1.807, 2.05) is 24.3 Å². The Hall–Kier alpha value is -3.07. The minimum absolute atomic E-state index is 0.114. The molecule has 0 radical (unpaired) electrons. The molecule has 0 aromatic heterocycles. The van der Waals surface area contributed by atoms with Gasteiger partial charge in [0.1, 0.15) is 11.2 Å². The van der Waals surface area contributed by atoms with E-state index in [1.165, 1.54) is 16.0 Å². The predicted octanol–water partition coefficient (Wildman–Crippen LogP) is 4.32. The standard InChI is InChI=1S/C34H41ClN2O6/c1-36-14-3-2-6-29(39)26-10-7-23(26)18-37-19-33(13-4-5-22-15-25(35)9-11-27(22)33)21-43-30-12-8-24(16-28(30)37)34(20-38,32(41)42)17-31(36)40/h2,6,8-9,11-12,15-16,23,26,29,38-39H,3-5,7,10,13-14,17-21H2,1H3,(H,41,42)/b6-2-/t23-,26+,29-,33-,34?/m0/s1. The van der Waals surface area contributed by atoms with Crippen LogP contribution in [0.1, 0.15) is 55.2 Å². The largest absolute Gasteiger partial charge is 0.490 e. The summed E-state index contributed by atoms with van der Waals surface area (Å²) >= 11 is 6.40. The average molecular weight is 609 g/mol. The van der Waals surface area contributed by atoms with E-state index < -0.39 is 24.1 Å². The summed E-state index contributed by atoms with van der Waals surface area (Å²) in [6.07, 6.45) is 8.19. The summed E-state index contributed by atoms with van der Waals surface area (Å²) < 4.78 is 6.58. The van der Waals surface area contributed by atoms with Gasteiger partial charge in [0.15, 0.2) is 0 Å². The molecule has 2 aliphatic heterocycles. The Balaban J connectivity index is 1.47. The van der Waals surface area contributed by atoms with Crippen molar-refractivity contribution in [1.29, 1.82) is 0 Å². The van der Waals surface area contributed by atoms with E-state index in [2.05, 4.69) is 17.0 Å². The zero-order valence-corrected chi connectivity index (χ0v) is 25.4. The highest BCUT2D eigenvalue weighted by atomic mass is 35.5. The number of fused-ring (bicyclic) bond motifs is 4. The Morgan fingerprint density at radius 2 is 2.02 bits per heavy atom. The van der Waals surface area contributed by atoms with Gasteiger partial charge in [0.25, 0.3) is 0 Å². The van der Waals surface area contributed by atoms with Gasteiger partial charge >= 0.3 is 5.97 Å². The van der Waals surface area contributed by atoms with Gasteiger partial charge in [-0.25, -0.2) is 0 Å². The third-order valence-corrected chi connectivity index (χ3v) is 10.7. The maximum Gasteiger partial charge on any atom is 0.317 e. The Bertz CT molecular complexity index is 1430. The summed E-state index contributed by atoms with van der Waals surface area (Å²) in [5.41, 5.74) is 1.51. The van der Waals surface area contributed by atoms with Crippen LogP contribution in [-0.2, 0) is 26.8 Å². The Morgan fingerprint density at radius 3 is 2.77 bits per heavy atom. The van der Waals surface area contributed by atoms with E-state index in [0.29, 0.717) is 44.0 Å². The maximum atomic E-state index is 13.3. The van der Waals surface area contributed by atoms with E-state index in [1.54, 1.807) is 19.2 Å². The van der Waals surface area contributed by atoms with Gasteiger partial charge < -0.3 is 29.9 Å². The fourth-order valence-corrected chi connectivity index (χ4v) is 7.84. The fourth-order valence-electron chi connectivity index (χ4n) is 7.65. The predicted molar refractivity (Wildman–Crippen MR) is 165 cm³/mol. The monoisotopic (exact) mass is 608 g/mol. The summed E-state index contributed by atoms with van der Waals surface area (Å²) in [5, 5.41) is 32.9. The molecule has 1 fully saturated rings. The molecule has 1 amide bonds. The molecule has 2 aromatic rings. The molecule has 2 aliphatic carbocycles. The summed E-state index contributed by atoms with van der Waals surface area (Å²) in [7, 11) is 1.64. The first-order chi connectivity index (χ1) is 20.7. The number of ether oxygens (including phenoxy) is 1. The summed E-state index contributed by atoms with van der Waals surface area (Å²) in [6.45, 7) is 1.49. The van der Waals surface area contributed by atoms with E-state index in [-0.39, 0.29) is 29.6 Å². The zero-order chi connectivity index (χ0) is 30.4. The second-order valence-corrected chi connectivity index (χ2v) is 13.5. The minimum atomic E-state index is -1.80.